The van der Waals surface area contributed by atoms with Crippen LogP contribution in [0.1, 0.15) is 44.9 Å². The van der Waals surface area contributed by atoms with Gasteiger partial charge in [0.05, 0.1) is 17.0 Å². The second-order valence-electron chi connectivity index (χ2n) is 12.3. The van der Waals surface area contributed by atoms with E-state index < -0.39 is 11.5 Å². The van der Waals surface area contributed by atoms with E-state index in [9.17, 15) is 18.7 Å². The van der Waals surface area contributed by atoms with E-state index in [0.717, 1.165) is 54.9 Å². The largest absolute Gasteiger partial charge is 0.390 e. The summed E-state index contributed by atoms with van der Waals surface area (Å²) >= 11 is 0. The van der Waals surface area contributed by atoms with Crippen molar-refractivity contribution in [1.82, 2.24) is 5.32 Å². The fourth-order valence-corrected chi connectivity index (χ4v) is 8.21. The van der Waals surface area contributed by atoms with Gasteiger partial charge in [-0.3, -0.25) is 4.90 Å². The molecule has 5 fully saturated rings. The molecular formula is C30H36F2N4O2. The number of anilines is 4. The zero-order valence-corrected chi connectivity index (χ0v) is 21.7. The van der Waals surface area contributed by atoms with Crippen molar-refractivity contribution in [3.8, 4) is 0 Å². The zero-order chi connectivity index (χ0) is 26.1. The van der Waals surface area contributed by atoms with Crippen LogP contribution in [0.2, 0.25) is 0 Å². The number of benzene rings is 2. The molecular weight excluding hydrogens is 486 g/mol. The number of rotatable bonds is 3. The fraction of sp³-hybridized carbons (Fsp3) is 0.567. The highest BCUT2D eigenvalue weighted by Crippen LogP contribution is 2.55. The molecule has 6 nitrogen and oxygen atoms in total. The minimum Gasteiger partial charge on any atom is -0.390 e. The summed E-state index contributed by atoms with van der Waals surface area (Å²) in [5.41, 5.74) is 3.36. The summed E-state index contributed by atoms with van der Waals surface area (Å²) in [6, 6.07) is 16.2. The van der Waals surface area contributed by atoms with E-state index in [4.69, 9.17) is 0 Å². The van der Waals surface area contributed by atoms with Gasteiger partial charge >= 0.3 is 6.03 Å². The maximum atomic E-state index is 13.6. The Morgan fingerprint density at radius 3 is 2.13 bits per heavy atom. The summed E-state index contributed by atoms with van der Waals surface area (Å²) in [6.07, 6.45) is 4.58. The molecule has 2 N–H and O–H groups in total. The van der Waals surface area contributed by atoms with Crippen molar-refractivity contribution in [3.05, 3.63) is 48.5 Å². The van der Waals surface area contributed by atoms with Crippen LogP contribution in [0, 0.1) is 17.8 Å². The molecule has 2 heterocycles. The number of hydrogen-bond acceptors (Lipinski definition) is 4. The first-order valence-corrected chi connectivity index (χ1v) is 14.2. The number of halogens is 2. The Balaban J connectivity index is 1.07. The monoisotopic (exact) mass is 522 g/mol. The summed E-state index contributed by atoms with van der Waals surface area (Å²) in [5, 5.41) is 14.3. The molecule has 1 saturated heterocycles. The molecule has 4 bridgehead atoms. The smallest absolute Gasteiger partial charge is 0.322 e. The minimum absolute atomic E-state index is 0.0428. The third-order valence-corrected chi connectivity index (χ3v) is 9.81. The second kappa shape index (κ2) is 8.83. The van der Waals surface area contributed by atoms with Gasteiger partial charge in [-0.05, 0) is 86.3 Å². The summed E-state index contributed by atoms with van der Waals surface area (Å²) < 4.78 is 27.2. The predicted molar refractivity (Wildman–Crippen MR) is 144 cm³/mol. The summed E-state index contributed by atoms with van der Waals surface area (Å²) in [5.74, 6) is -1.20. The number of carbonyl (C=O) groups excluding carboxylic acids is 1. The van der Waals surface area contributed by atoms with Crippen molar-refractivity contribution >= 4 is 28.8 Å². The Hall–Kier alpha value is -2.87. The van der Waals surface area contributed by atoms with E-state index in [2.05, 4.69) is 10.2 Å². The molecule has 0 aromatic heterocycles. The van der Waals surface area contributed by atoms with E-state index in [1.165, 1.54) is 0 Å². The number of hydrogen-bond donors (Lipinski definition) is 2. The number of para-hydroxylation sites is 2. The average molecular weight is 523 g/mol. The molecule has 2 aromatic rings. The van der Waals surface area contributed by atoms with E-state index >= 15 is 0 Å². The molecule has 2 aliphatic heterocycles. The minimum atomic E-state index is -2.55. The van der Waals surface area contributed by atoms with Gasteiger partial charge in [0.2, 0.25) is 0 Å². The molecule has 38 heavy (non-hydrogen) atoms. The van der Waals surface area contributed by atoms with Gasteiger partial charge in [0, 0.05) is 56.4 Å². The fourth-order valence-electron chi connectivity index (χ4n) is 8.21. The van der Waals surface area contributed by atoms with Crippen molar-refractivity contribution in [1.29, 1.82) is 0 Å². The van der Waals surface area contributed by atoms with Gasteiger partial charge in [0.25, 0.3) is 5.92 Å². The maximum Gasteiger partial charge on any atom is 0.322 e. The van der Waals surface area contributed by atoms with E-state index in [-0.39, 0.29) is 24.9 Å². The van der Waals surface area contributed by atoms with E-state index in [1.807, 2.05) is 58.3 Å². The number of fused-ring (bicyclic) bond motifs is 1. The van der Waals surface area contributed by atoms with Crippen LogP contribution in [0.4, 0.5) is 36.3 Å². The third-order valence-electron chi connectivity index (χ3n) is 9.81. The highest BCUT2D eigenvalue weighted by atomic mass is 19.3. The second-order valence-corrected chi connectivity index (χ2v) is 12.3. The molecule has 2 amide bonds. The predicted octanol–water partition coefficient (Wildman–Crippen LogP) is 5.53. The third kappa shape index (κ3) is 4.21. The first-order chi connectivity index (χ1) is 18.3. The lowest BCUT2D eigenvalue weighted by Crippen LogP contribution is -2.63. The van der Waals surface area contributed by atoms with Crippen LogP contribution in [-0.2, 0) is 0 Å². The lowest BCUT2D eigenvalue weighted by Gasteiger charge is -2.58. The molecule has 6 aliphatic rings. The van der Waals surface area contributed by atoms with Crippen molar-refractivity contribution in [2.45, 2.75) is 62.5 Å². The Morgan fingerprint density at radius 2 is 1.47 bits per heavy atom. The van der Waals surface area contributed by atoms with Gasteiger partial charge in [-0.1, -0.05) is 12.1 Å². The molecule has 5 atom stereocenters. The Kier molecular flexibility index (Phi) is 5.62. The first-order valence-electron chi connectivity index (χ1n) is 14.2. The lowest BCUT2D eigenvalue weighted by atomic mass is 9.52. The first kappa shape index (κ1) is 24.2. The summed E-state index contributed by atoms with van der Waals surface area (Å²) in [7, 11) is 0. The van der Waals surface area contributed by atoms with Crippen LogP contribution < -0.4 is 20.0 Å². The molecule has 3 unspecified atom stereocenters. The quantitative estimate of drug-likeness (QED) is 0.557. The van der Waals surface area contributed by atoms with E-state index in [1.54, 1.807) is 0 Å². The van der Waals surface area contributed by atoms with Gasteiger partial charge in [0.15, 0.2) is 0 Å². The summed E-state index contributed by atoms with van der Waals surface area (Å²) in [4.78, 5) is 19.7. The van der Waals surface area contributed by atoms with Gasteiger partial charge in [-0.2, -0.15) is 0 Å². The zero-order valence-electron chi connectivity index (χ0n) is 21.7. The Bertz CT molecular complexity index is 1190. The van der Waals surface area contributed by atoms with Crippen molar-refractivity contribution in [3.63, 3.8) is 0 Å². The SMILES string of the molecule is O=C(NC1[C@@H]2CC3C[C@H]1CC(O)(C3)C2)N1CCN(c2ccc(N3CCC(F)(F)CC3)cc2)c2ccccc21. The molecule has 4 saturated carbocycles. The number of carbonyl (C=O) groups is 1. The number of piperidine rings is 1. The van der Waals surface area contributed by atoms with Gasteiger partial charge in [0.1, 0.15) is 0 Å². The number of alkyl halides is 2. The standard InChI is InChI=1S/C30H36F2N4O2/c31-30(32)9-11-34(12-10-30)23-5-7-24(8-6-23)35-13-14-36(26-4-2-1-3-25(26)35)28(37)33-27-21-15-20-16-22(27)19-29(38,17-20)18-21/h1-8,20-22,27,38H,9-19H2,(H,33,37)/t20?,21-,22+,27?,29?. The van der Waals surface area contributed by atoms with Crippen molar-refractivity contribution < 1.29 is 18.7 Å². The Labute approximate surface area is 222 Å². The van der Waals surface area contributed by atoms with Gasteiger partial charge < -0.3 is 20.2 Å². The summed E-state index contributed by atoms with van der Waals surface area (Å²) in [6.45, 7) is 1.97. The molecule has 2 aromatic carbocycles. The number of nitrogens with one attached hydrogen (secondary N) is 1. The number of urea groups is 1. The van der Waals surface area contributed by atoms with Crippen LogP contribution in [0.25, 0.3) is 0 Å². The van der Waals surface area contributed by atoms with Crippen molar-refractivity contribution in [2.75, 3.05) is 40.9 Å². The van der Waals surface area contributed by atoms with Crippen LogP contribution in [0.15, 0.2) is 48.5 Å². The molecule has 4 aliphatic carbocycles. The number of nitrogens with zero attached hydrogens (tertiary/aromatic N) is 3. The maximum absolute atomic E-state index is 13.6. The van der Waals surface area contributed by atoms with Crippen LogP contribution in [-0.4, -0.2) is 54.9 Å². The van der Waals surface area contributed by atoms with Gasteiger partial charge in [-0.25, -0.2) is 13.6 Å². The highest BCUT2D eigenvalue weighted by molar-refractivity contribution is 5.98. The van der Waals surface area contributed by atoms with Gasteiger partial charge in [-0.15, -0.1) is 0 Å². The highest BCUT2D eigenvalue weighted by Gasteiger charge is 2.55. The average Bonchev–Trinajstić information content (AvgIpc) is 2.89. The van der Waals surface area contributed by atoms with Crippen molar-refractivity contribution in [2.24, 2.45) is 17.8 Å². The normalized spacial score (nSPS) is 33.3. The lowest BCUT2D eigenvalue weighted by molar-refractivity contribution is -0.136. The molecule has 8 heteroatoms. The van der Waals surface area contributed by atoms with Crippen LogP contribution in [0.5, 0.6) is 0 Å². The molecule has 202 valence electrons. The molecule has 0 radical (unpaired) electrons. The number of amides is 2. The van der Waals surface area contributed by atoms with E-state index in [0.29, 0.717) is 43.9 Å². The van der Waals surface area contributed by atoms with Crippen LogP contribution >= 0.6 is 0 Å². The molecule has 8 rings (SSSR count). The van der Waals surface area contributed by atoms with Crippen LogP contribution in [0.3, 0.4) is 0 Å². The Morgan fingerprint density at radius 1 is 0.842 bits per heavy atom. The molecule has 0 spiro atoms. The number of aliphatic hydroxyl groups is 1. The topological polar surface area (TPSA) is 59.1 Å².